The van der Waals surface area contributed by atoms with Gasteiger partial charge >= 0.3 is 5.97 Å². The first-order chi connectivity index (χ1) is 13.9. The van der Waals surface area contributed by atoms with Crippen LogP contribution in [-0.2, 0) is 14.3 Å². The van der Waals surface area contributed by atoms with Crippen molar-refractivity contribution in [2.24, 2.45) is 0 Å². The van der Waals surface area contributed by atoms with Crippen molar-refractivity contribution >= 4 is 29.6 Å². The maximum absolute atomic E-state index is 12.0. The van der Waals surface area contributed by atoms with Crippen molar-refractivity contribution in [3.63, 3.8) is 0 Å². The third kappa shape index (κ3) is 6.84. The number of carbonyl (C=O) groups is 2. The smallest absolute Gasteiger partial charge is 0.331 e. The number of ether oxygens (including phenoxy) is 3. The molecule has 6 nitrogen and oxygen atoms in total. The zero-order valence-corrected chi connectivity index (χ0v) is 17.4. The van der Waals surface area contributed by atoms with Crippen LogP contribution < -0.4 is 14.8 Å². The Morgan fingerprint density at radius 1 is 1.21 bits per heavy atom. The van der Waals surface area contributed by atoms with Crippen LogP contribution in [0.15, 0.2) is 48.5 Å². The summed E-state index contributed by atoms with van der Waals surface area (Å²) in [5.41, 5.74) is 1.60. The lowest BCUT2D eigenvalue weighted by molar-refractivity contribution is -0.144. The van der Waals surface area contributed by atoms with E-state index in [0.29, 0.717) is 28.7 Å². The van der Waals surface area contributed by atoms with E-state index in [1.54, 1.807) is 12.1 Å². The quantitative estimate of drug-likeness (QED) is 0.489. The minimum atomic E-state index is -0.642. The SMILES string of the molecule is CCOc1c(Cl)cc(/C=C/C(=O)OCC(=O)N[C@@H](C)c2ccccc2)cc1OC. The van der Waals surface area contributed by atoms with Crippen molar-refractivity contribution in [1.82, 2.24) is 5.32 Å². The Morgan fingerprint density at radius 3 is 2.59 bits per heavy atom. The van der Waals surface area contributed by atoms with Gasteiger partial charge in [-0.25, -0.2) is 4.79 Å². The lowest BCUT2D eigenvalue weighted by atomic mass is 10.1. The lowest BCUT2D eigenvalue weighted by Crippen LogP contribution is -2.30. The Balaban J connectivity index is 1.89. The molecule has 0 heterocycles. The van der Waals surface area contributed by atoms with Crippen molar-refractivity contribution in [2.45, 2.75) is 19.9 Å². The fraction of sp³-hybridized carbons (Fsp3) is 0.273. The number of rotatable bonds is 9. The molecule has 0 aliphatic carbocycles. The van der Waals surface area contributed by atoms with Gasteiger partial charge in [-0.3, -0.25) is 4.79 Å². The van der Waals surface area contributed by atoms with Crippen molar-refractivity contribution in [1.29, 1.82) is 0 Å². The molecular formula is C22H24ClNO5. The number of halogens is 1. The largest absolute Gasteiger partial charge is 0.493 e. The number of esters is 1. The van der Waals surface area contributed by atoms with E-state index in [1.165, 1.54) is 19.3 Å². The summed E-state index contributed by atoms with van der Waals surface area (Å²) >= 11 is 6.20. The van der Waals surface area contributed by atoms with Gasteiger partial charge in [-0.1, -0.05) is 41.9 Å². The van der Waals surface area contributed by atoms with Gasteiger partial charge in [0, 0.05) is 6.08 Å². The maximum Gasteiger partial charge on any atom is 0.331 e. The number of nitrogens with one attached hydrogen (secondary N) is 1. The predicted molar refractivity (Wildman–Crippen MR) is 112 cm³/mol. The Bertz CT molecular complexity index is 867. The molecule has 2 aromatic carbocycles. The molecule has 1 atom stereocenters. The van der Waals surface area contributed by atoms with E-state index in [2.05, 4.69) is 5.32 Å². The third-order valence-corrected chi connectivity index (χ3v) is 4.26. The predicted octanol–water partition coefficient (Wildman–Crippen LogP) is 4.18. The van der Waals surface area contributed by atoms with Crippen molar-refractivity contribution in [3.05, 3.63) is 64.7 Å². The first kappa shape index (κ1) is 22.3. The normalized spacial score (nSPS) is 11.7. The average molecular weight is 418 g/mol. The maximum atomic E-state index is 12.0. The number of methoxy groups -OCH3 is 1. The summed E-state index contributed by atoms with van der Waals surface area (Å²) in [7, 11) is 1.50. The van der Waals surface area contributed by atoms with Gasteiger partial charge in [-0.15, -0.1) is 0 Å². The number of carbonyl (C=O) groups excluding carboxylic acids is 2. The molecule has 0 unspecified atom stereocenters. The first-order valence-electron chi connectivity index (χ1n) is 9.14. The first-order valence-corrected chi connectivity index (χ1v) is 9.51. The fourth-order valence-corrected chi connectivity index (χ4v) is 2.85. The van der Waals surface area contributed by atoms with Crippen LogP contribution in [-0.4, -0.2) is 32.2 Å². The van der Waals surface area contributed by atoms with Gasteiger partial charge in [0.05, 0.1) is 24.8 Å². The monoisotopic (exact) mass is 417 g/mol. The summed E-state index contributed by atoms with van der Waals surface area (Å²) in [6.07, 6.45) is 2.75. The topological polar surface area (TPSA) is 73.9 Å². The molecular weight excluding hydrogens is 394 g/mol. The average Bonchev–Trinajstić information content (AvgIpc) is 2.72. The standard InChI is InChI=1S/C22H24ClNO5/c1-4-28-22-18(23)12-16(13-19(22)27-3)10-11-21(26)29-14-20(25)24-15(2)17-8-6-5-7-9-17/h5-13,15H,4,14H2,1-3H3,(H,24,25)/b11-10+/t15-/m0/s1. The Morgan fingerprint density at radius 2 is 1.93 bits per heavy atom. The molecule has 154 valence electrons. The molecule has 0 spiro atoms. The molecule has 2 rings (SSSR count). The van der Waals surface area contributed by atoms with E-state index in [4.69, 9.17) is 25.8 Å². The molecule has 0 aromatic heterocycles. The van der Waals surface area contributed by atoms with Crippen LogP contribution in [0.25, 0.3) is 6.08 Å². The molecule has 1 amide bonds. The summed E-state index contributed by atoms with van der Waals surface area (Å²) in [6.45, 7) is 3.78. The Kier molecular flexibility index (Phi) is 8.55. The number of amides is 1. The molecule has 0 fully saturated rings. The van der Waals surface area contributed by atoms with Crippen molar-refractivity contribution in [3.8, 4) is 11.5 Å². The lowest BCUT2D eigenvalue weighted by Gasteiger charge is -2.14. The summed E-state index contributed by atoms with van der Waals surface area (Å²) < 4.78 is 15.7. The van der Waals surface area contributed by atoms with Gasteiger partial charge in [-0.05, 0) is 43.2 Å². The van der Waals surface area contributed by atoms with Crippen LogP contribution in [0, 0.1) is 0 Å². The van der Waals surface area contributed by atoms with E-state index in [-0.39, 0.29) is 18.6 Å². The van der Waals surface area contributed by atoms with Crippen LogP contribution in [0.3, 0.4) is 0 Å². The molecule has 29 heavy (non-hydrogen) atoms. The zero-order valence-electron chi connectivity index (χ0n) is 16.6. The minimum Gasteiger partial charge on any atom is -0.493 e. The molecule has 7 heteroatoms. The van der Waals surface area contributed by atoms with Crippen LogP contribution in [0.2, 0.25) is 5.02 Å². The van der Waals surface area contributed by atoms with E-state index in [1.807, 2.05) is 44.2 Å². The van der Waals surface area contributed by atoms with Crippen LogP contribution in [0.4, 0.5) is 0 Å². The Hall–Kier alpha value is -2.99. The minimum absolute atomic E-state index is 0.184. The van der Waals surface area contributed by atoms with Crippen LogP contribution in [0.1, 0.15) is 31.0 Å². The van der Waals surface area contributed by atoms with E-state index in [0.717, 1.165) is 5.56 Å². The van der Waals surface area contributed by atoms with Gasteiger partial charge < -0.3 is 19.5 Å². The van der Waals surface area contributed by atoms with E-state index in [9.17, 15) is 9.59 Å². The van der Waals surface area contributed by atoms with Gasteiger partial charge in [0.25, 0.3) is 5.91 Å². The highest BCUT2D eigenvalue weighted by atomic mass is 35.5. The van der Waals surface area contributed by atoms with Crippen molar-refractivity contribution in [2.75, 3.05) is 20.3 Å². The van der Waals surface area contributed by atoms with Crippen molar-refractivity contribution < 1.29 is 23.8 Å². The van der Waals surface area contributed by atoms with Gasteiger partial charge in [0.15, 0.2) is 18.1 Å². The van der Waals surface area contributed by atoms with Crippen LogP contribution in [0.5, 0.6) is 11.5 Å². The summed E-state index contributed by atoms with van der Waals surface area (Å²) in [4.78, 5) is 23.9. The van der Waals surface area contributed by atoms with Gasteiger partial charge in [0.1, 0.15) is 0 Å². The molecule has 0 aliphatic heterocycles. The molecule has 0 saturated carbocycles. The second-order valence-electron chi connectivity index (χ2n) is 6.11. The Labute approximate surface area is 175 Å². The van der Waals surface area contributed by atoms with Gasteiger partial charge in [-0.2, -0.15) is 0 Å². The second-order valence-corrected chi connectivity index (χ2v) is 6.52. The van der Waals surface area contributed by atoms with E-state index >= 15 is 0 Å². The molecule has 0 saturated heterocycles. The van der Waals surface area contributed by atoms with E-state index < -0.39 is 5.97 Å². The third-order valence-electron chi connectivity index (χ3n) is 3.97. The highest BCUT2D eigenvalue weighted by Gasteiger charge is 2.12. The molecule has 0 aliphatic rings. The number of hydrogen-bond donors (Lipinski definition) is 1. The highest BCUT2D eigenvalue weighted by molar-refractivity contribution is 6.32. The summed E-state index contributed by atoms with van der Waals surface area (Å²) in [5, 5.41) is 3.15. The summed E-state index contributed by atoms with van der Waals surface area (Å²) in [5.74, 6) is -0.118. The number of hydrogen-bond acceptors (Lipinski definition) is 5. The highest BCUT2D eigenvalue weighted by Crippen LogP contribution is 2.36. The molecule has 0 radical (unpaired) electrons. The number of benzene rings is 2. The zero-order chi connectivity index (χ0) is 21.2. The molecule has 0 bridgehead atoms. The second kappa shape index (κ2) is 11.1. The molecule has 2 aromatic rings. The van der Waals surface area contributed by atoms with Gasteiger partial charge in [0.2, 0.25) is 0 Å². The summed E-state index contributed by atoms with van der Waals surface area (Å²) in [6, 6.07) is 12.7. The fourth-order valence-electron chi connectivity index (χ4n) is 2.58. The molecule has 1 N–H and O–H groups in total. The van der Waals surface area contributed by atoms with Crippen LogP contribution >= 0.6 is 11.6 Å².